The highest BCUT2D eigenvalue weighted by Gasteiger charge is 2.38. The van der Waals surface area contributed by atoms with E-state index in [4.69, 9.17) is 0 Å². The van der Waals surface area contributed by atoms with Crippen LogP contribution in [0.2, 0.25) is 0 Å². The third kappa shape index (κ3) is 4.42. The van der Waals surface area contributed by atoms with Crippen LogP contribution in [-0.2, 0) is 10.2 Å². The lowest BCUT2D eigenvalue weighted by Crippen LogP contribution is -2.49. The molecule has 3 N–H and O–H groups in total. The summed E-state index contributed by atoms with van der Waals surface area (Å²) in [6.07, 6.45) is 3.60. The highest BCUT2D eigenvalue weighted by atomic mass is 16.1. The van der Waals surface area contributed by atoms with Gasteiger partial charge >= 0.3 is 0 Å². The number of benzene rings is 2. The van der Waals surface area contributed by atoms with E-state index in [0.717, 1.165) is 12.2 Å². The van der Waals surface area contributed by atoms with Gasteiger partial charge in [-0.25, -0.2) is 0 Å². The first-order chi connectivity index (χ1) is 12.7. The van der Waals surface area contributed by atoms with Crippen molar-refractivity contribution in [3.8, 4) is 0 Å². The number of para-hydroxylation sites is 1. The number of hydrogen-bond donors (Lipinski definition) is 3. The average molecular weight is 350 g/mol. The van der Waals surface area contributed by atoms with Gasteiger partial charge in [0.05, 0.1) is 6.54 Å². The van der Waals surface area contributed by atoms with E-state index in [0.29, 0.717) is 5.96 Å². The van der Waals surface area contributed by atoms with Gasteiger partial charge in [-0.05, 0) is 30.5 Å². The minimum Gasteiger partial charge on any atom is -0.356 e. The molecule has 2 aromatic carbocycles. The molecule has 0 spiro atoms. The first-order valence-electron chi connectivity index (χ1n) is 9.07. The monoisotopic (exact) mass is 350 g/mol. The SMILES string of the molecule is CN=C(NCC(=O)Nc1ccccc1)NCC1(c2ccccc2)CCC1. The molecule has 0 unspecified atom stereocenters. The lowest BCUT2D eigenvalue weighted by molar-refractivity contribution is -0.115. The molecule has 0 aliphatic heterocycles. The van der Waals surface area contributed by atoms with Crippen LogP contribution in [-0.4, -0.2) is 32.0 Å². The fourth-order valence-electron chi connectivity index (χ4n) is 3.33. The number of amides is 1. The largest absolute Gasteiger partial charge is 0.356 e. The summed E-state index contributed by atoms with van der Waals surface area (Å²) < 4.78 is 0. The molecule has 0 radical (unpaired) electrons. The topological polar surface area (TPSA) is 65.5 Å². The van der Waals surface area contributed by atoms with Gasteiger partial charge in [0.1, 0.15) is 0 Å². The van der Waals surface area contributed by atoms with Gasteiger partial charge in [-0.2, -0.15) is 0 Å². The van der Waals surface area contributed by atoms with Gasteiger partial charge < -0.3 is 16.0 Å². The van der Waals surface area contributed by atoms with E-state index in [1.165, 1.54) is 24.8 Å². The third-order valence-electron chi connectivity index (χ3n) is 4.99. The summed E-state index contributed by atoms with van der Waals surface area (Å²) >= 11 is 0. The van der Waals surface area contributed by atoms with Gasteiger partial charge in [0.15, 0.2) is 5.96 Å². The van der Waals surface area contributed by atoms with Gasteiger partial charge in [-0.3, -0.25) is 9.79 Å². The van der Waals surface area contributed by atoms with Gasteiger partial charge in [0.2, 0.25) is 5.91 Å². The smallest absolute Gasteiger partial charge is 0.243 e. The minimum atomic E-state index is -0.0967. The van der Waals surface area contributed by atoms with Crippen LogP contribution in [0, 0.1) is 0 Å². The second kappa shape index (κ2) is 8.52. The summed E-state index contributed by atoms with van der Waals surface area (Å²) in [7, 11) is 1.72. The van der Waals surface area contributed by atoms with Crippen LogP contribution in [0.1, 0.15) is 24.8 Å². The van der Waals surface area contributed by atoms with Crippen molar-refractivity contribution in [1.29, 1.82) is 0 Å². The number of aliphatic imine (C=N–C) groups is 1. The zero-order chi connectivity index (χ0) is 18.2. The van der Waals surface area contributed by atoms with E-state index in [-0.39, 0.29) is 17.9 Å². The molecule has 2 aromatic rings. The Morgan fingerprint density at radius 3 is 2.23 bits per heavy atom. The quantitative estimate of drug-likeness (QED) is 0.554. The number of rotatable bonds is 6. The van der Waals surface area contributed by atoms with Gasteiger partial charge in [-0.15, -0.1) is 0 Å². The third-order valence-corrected chi connectivity index (χ3v) is 4.99. The predicted molar refractivity (Wildman–Crippen MR) is 106 cm³/mol. The van der Waals surface area contributed by atoms with Crippen LogP contribution < -0.4 is 16.0 Å². The van der Waals surface area contributed by atoms with Crippen molar-refractivity contribution in [2.24, 2.45) is 4.99 Å². The van der Waals surface area contributed by atoms with Crippen molar-refractivity contribution in [2.45, 2.75) is 24.7 Å². The summed E-state index contributed by atoms with van der Waals surface area (Å²) in [5.41, 5.74) is 2.33. The standard InChI is InChI=1S/C21H26N4O/c1-22-20(23-15-19(26)25-18-11-6-3-7-12-18)24-16-21(13-8-14-21)17-9-4-2-5-10-17/h2-7,9-12H,8,13-16H2,1H3,(H,25,26)(H2,22,23,24). The van der Waals surface area contributed by atoms with E-state index in [2.05, 4.69) is 51.3 Å². The Kier molecular flexibility index (Phi) is 5.89. The zero-order valence-corrected chi connectivity index (χ0v) is 15.2. The average Bonchev–Trinajstić information content (AvgIpc) is 2.65. The second-order valence-corrected chi connectivity index (χ2v) is 6.69. The zero-order valence-electron chi connectivity index (χ0n) is 15.2. The Balaban J connectivity index is 1.50. The fourth-order valence-corrected chi connectivity index (χ4v) is 3.33. The summed E-state index contributed by atoms with van der Waals surface area (Å²) in [5, 5.41) is 9.34. The minimum absolute atomic E-state index is 0.0967. The fraction of sp³-hybridized carbons (Fsp3) is 0.333. The number of nitrogens with zero attached hydrogens (tertiary/aromatic N) is 1. The molecule has 1 aliphatic carbocycles. The Morgan fingerprint density at radius 2 is 1.65 bits per heavy atom. The molecule has 1 saturated carbocycles. The molecule has 1 fully saturated rings. The maximum Gasteiger partial charge on any atom is 0.243 e. The number of carbonyl (C=O) groups is 1. The van der Waals surface area contributed by atoms with E-state index in [1.54, 1.807) is 7.05 Å². The maximum absolute atomic E-state index is 12.1. The van der Waals surface area contributed by atoms with Gasteiger partial charge in [0.25, 0.3) is 0 Å². The number of carbonyl (C=O) groups excluding carboxylic acids is 1. The van der Waals surface area contributed by atoms with Crippen molar-refractivity contribution < 1.29 is 4.79 Å². The molecule has 0 saturated heterocycles. The van der Waals surface area contributed by atoms with Crippen LogP contribution >= 0.6 is 0 Å². The molecule has 136 valence electrons. The molecule has 5 heteroatoms. The molecule has 26 heavy (non-hydrogen) atoms. The van der Waals surface area contributed by atoms with E-state index >= 15 is 0 Å². The Hall–Kier alpha value is -2.82. The lowest BCUT2D eigenvalue weighted by atomic mass is 9.64. The summed E-state index contributed by atoms with van der Waals surface area (Å²) in [5.74, 6) is 0.552. The normalized spacial score (nSPS) is 15.7. The Morgan fingerprint density at radius 1 is 1.00 bits per heavy atom. The van der Waals surface area contributed by atoms with Crippen molar-refractivity contribution in [1.82, 2.24) is 10.6 Å². The maximum atomic E-state index is 12.1. The lowest BCUT2D eigenvalue weighted by Gasteiger charge is -2.43. The first kappa shape index (κ1) is 18.0. The molecule has 0 heterocycles. The highest BCUT2D eigenvalue weighted by Crippen LogP contribution is 2.43. The summed E-state index contributed by atoms with van der Waals surface area (Å²) in [4.78, 5) is 16.3. The van der Waals surface area contributed by atoms with Crippen LogP contribution in [0.5, 0.6) is 0 Å². The highest BCUT2D eigenvalue weighted by molar-refractivity contribution is 5.94. The van der Waals surface area contributed by atoms with Crippen molar-refractivity contribution >= 4 is 17.6 Å². The predicted octanol–water partition coefficient (Wildman–Crippen LogP) is 2.91. The van der Waals surface area contributed by atoms with Crippen LogP contribution in [0.15, 0.2) is 65.7 Å². The Labute approximate surface area is 154 Å². The first-order valence-corrected chi connectivity index (χ1v) is 9.07. The van der Waals surface area contributed by atoms with Crippen LogP contribution in [0.25, 0.3) is 0 Å². The Bertz CT molecular complexity index is 739. The second-order valence-electron chi connectivity index (χ2n) is 6.69. The summed E-state index contributed by atoms with van der Waals surface area (Å²) in [6, 6.07) is 20.1. The number of anilines is 1. The molecule has 0 aromatic heterocycles. The molecule has 1 amide bonds. The molecule has 0 bridgehead atoms. The molecule has 1 aliphatic rings. The number of guanidine groups is 1. The molecular weight excluding hydrogens is 324 g/mol. The van der Waals surface area contributed by atoms with E-state index in [9.17, 15) is 4.79 Å². The van der Waals surface area contributed by atoms with Gasteiger partial charge in [-0.1, -0.05) is 55.0 Å². The van der Waals surface area contributed by atoms with Crippen LogP contribution in [0.4, 0.5) is 5.69 Å². The molecule has 3 rings (SSSR count). The summed E-state index contributed by atoms with van der Waals surface area (Å²) in [6.45, 7) is 0.990. The van der Waals surface area contributed by atoms with Gasteiger partial charge in [0, 0.05) is 24.7 Å². The molecular formula is C21H26N4O. The van der Waals surface area contributed by atoms with E-state index in [1.807, 2.05) is 30.3 Å². The number of nitrogens with one attached hydrogen (secondary N) is 3. The number of hydrogen-bond acceptors (Lipinski definition) is 2. The van der Waals surface area contributed by atoms with Crippen molar-refractivity contribution in [3.63, 3.8) is 0 Å². The van der Waals surface area contributed by atoms with E-state index < -0.39 is 0 Å². The molecule has 5 nitrogen and oxygen atoms in total. The van der Waals surface area contributed by atoms with Crippen molar-refractivity contribution in [2.75, 3.05) is 25.5 Å². The van der Waals surface area contributed by atoms with Crippen molar-refractivity contribution in [3.05, 3.63) is 66.2 Å². The molecule has 0 atom stereocenters. The van der Waals surface area contributed by atoms with Crippen LogP contribution in [0.3, 0.4) is 0 Å².